The molecule has 14 heavy (non-hydrogen) atoms. The molecule has 1 heterocycles. The molecule has 0 aliphatic heterocycles. The Labute approximate surface area is 90.5 Å². The summed E-state index contributed by atoms with van der Waals surface area (Å²) in [4.78, 5) is 14.6. The third-order valence-corrected chi connectivity index (χ3v) is 2.54. The molecule has 2 nitrogen and oxygen atoms in total. The number of carbonyl (C=O) groups excluding carboxylic acids is 1. The van der Waals surface area contributed by atoms with Crippen molar-refractivity contribution in [1.29, 1.82) is 0 Å². The average Bonchev–Trinajstić information content (AvgIpc) is 2.23. The Balaban J connectivity index is 2.86. The normalized spacial score (nSPS) is 10.4. The van der Waals surface area contributed by atoms with Crippen LogP contribution in [0.4, 0.5) is 0 Å². The predicted molar refractivity (Wildman–Crippen MR) is 57.2 cm³/mol. The number of hydrogen-bond acceptors (Lipinski definition) is 2. The van der Waals surface area contributed by atoms with Gasteiger partial charge in [-0.3, -0.25) is 9.78 Å². The Hall–Kier alpha value is -1.12. The van der Waals surface area contributed by atoms with Crippen LogP contribution >= 0.6 is 23.2 Å². The summed E-state index contributed by atoms with van der Waals surface area (Å²) in [5, 5.41) is 1.77. The lowest BCUT2D eigenvalue weighted by molar-refractivity contribution is 0.112. The molecule has 0 aliphatic carbocycles. The van der Waals surface area contributed by atoms with Crippen LogP contribution in [0.25, 0.3) is 10.9 Å². The largest absolute Gasteiger partial charge is 0.298 e. The van der Waals surface area contributed by atoms with E-state index in [1.54, 1.807) is 18.2 Å². The van der Waals surface area contributed by atoms with Crippen LogP contribution in [0.15, 0.2) is 24.4 Å². The van der Waals surface area contributed by atoms with Gasteiger partial charge in [0.05, 0.1) is 15.6 Å². The molecule has 0 atom stereocenters. The maximum atomic E-state index is 10.5. The van der Waals surface area contributed by atoms with Gasteiger partial charge in [-0.05, 0) is 18.2 Å². The molecule has 0 spiro atoms. The quantitative estimate of drug-likeness (QED) is 0.698. The maximum absolute atomic E-state index is 10.5. The van der Waals surface area contributed by atoms with E-state index in [-0.39, 0.29) is 0 Å². The number of nitrogens with zero attached hydrogens (tertiary/aromatic N) is 1. The van der Waals surface area contributed by atoms with Crippen molar-refractivity contribution in [2.45, 2.75) is 0 Å². The molecule has 4 heteroatoms. The summed E-state index contributed by atoms with van der Waals surface area (Å²) >= 11 is 11.9. The fourth-order valence-electron chi connectivity index (χ4n) is 1.23. The van der Waals surface area contributed by atoms with Gasteiger partial charge < -0.3 is 0 Å². The van der Waals surface area contributed by atoms with Crippen LogP contribution < -0.4 is 0 Å². The van der Waals surface area contributed by atoms with Crippen molar-refractivity contribution in [3.8, 4) is 0 Å². The molecule has 1 aromatic carbocycles. The topological polar surface area (TPSA) is 30.0 Å². The van der Waals surface area contributed by atoms with E-state index < -0.39 is 0 Å². The Morgan fingerprint density at radius 3 is 2.64 bits per heavy atom. The number of aromatic nitrogens is 1. The Morgan fingerprint density at radius 1 is 1.21 bits per heavy atom. The van der Waals surface area contributed by atoms with Crippen LogP contribution in [0.2, 0.25) is 10.0 Å². The number of carbonyl (C=O) groups is 1. The molecule has 2 rings (SSSR count). The van der Waals surface area contributed by atoms with Crippen molar-refractivity contribution in [3.63, 3.8) is 0 Å². The van der Waals surface area contributed by atoms with Crippen LogP contribution in [0, 0.1) is 0 Å². The molecule has 0 bridgehead atoms. The summed E-state index contributed by atoms with van der Waals surface area (Å²) in [6.45, 7) is 0. The first-order valence-corrected chi connectivity index (χ1v) is 4.67. The van der Waals surface area contributed by atoms with Crippen molar-refractivity contribution in [3.05, 3.63) is 40.0 Å². The fourth-order valence-corrected chi connectivity index (χ4v) is 1.65. The molecule has 0 fully saturated rings. The summed E-state index contributed by atoms with van der Waals surface area (Å²) in [6, 6.07) is 5.03. The summed E-state index contributed by atoms with van der Waals surface area (Å²) in [6.07, 6.45) is 2.20. The van der Waals surface area contributed by atoms with Gasteiger partial charge >= 0.3 is 0 Å². The third-order valence-electron chi connectivity index (χ3n) is 1.90. The van der Waals surface area contributed by atoms with Gasteiger partial charge in [0.15, 0.2) is 6.29 Å². The lowest BCUT2D eigenvalue weighted by atomic mass is 10.2. The molecule has 0 N–H and O–H groups in total. The summed E-state index contributed by atoms with van der Waals surface area (Å²) in [5.41, 5.74) is 1.10. The summed E-state index contributed by atoms with van der Waals surface area (Å²) in [7, 11) is 0. The van der Waals surface area contributed by atoms with Gasteiger partial charge in [0.1, 0.15) is 0 Å². The predicted octanol–water partition coefficient (Wildman–Crippen LogP) is 3.35. The molecule has 0 saturated heterocycles. The highest BCUT2D eigenvalue weighted by Gasteiger charge is 2.05. The second kappa shape index (κ2) is 3.56. The van der Waals surface area contributed by atoms with E-state index in [1.807, 2.05) is 0 Å². The maximum Gasteiger partial charge on any atom is 0.151 e. The zero-order valence-electron chi connectivity index (χ0n) is 7.00. The van der Waals surface area contributed by atoms with Crippen molar-refractivity contribution >= 4 is 40.4 Å². The van der Waals surface area contributed by atoms with Crippen LogP contribution in [-0.2, 0) is 0 Å². The molecule has 0 saturated carbocycles. The van der Waals surface area contributed by atoms with E-state index in [9.17, 15) is 4.79 Å². The van der Waals surface area contributed by atoms with Crippen LogP contribution in [0.5, 0.6) is 0 Å². The van der Waals surface area contributed by atoms with Crippen LogP contribution in [0.3, 0.4) is 0 Å². The molecular weight excluding hydrogens is 221 g/mol. The molecule has 0 unspecified atom stereocenters. The third kappa shape index (κ3) is 1.47. The number of halogens is 2. The lowest BCUT2D eigenvalue weighted by Gasteiger charge is -2.01. The van der Waals surface area contributed by atoms with Gasteiger partial charge in [-0.1, -0.05) is 23.2 Å². The highest BCUT2D eigenvalue weighted by atomic mass is 35.5. The monoisotopic (exact) mass is 225 g/mol. The number of benzene rings is 1. The van der Waals surface area contributed by atoms with Crippen molar-refractivity contribution in [2.24, 2.45) is 0 Å². The zero-order valence-corrected chi connectivity index (χ0v) is 8.51. The number of hydrogen-bond donors (Lipinski definition) is 0. The standard InChI is InChI=1S/C10H5Cl2NO/c11-8-1-2-9(12)10-7(8)3-6(5-14)4-13-10/h1-5H. The number of pyridine rings is 1. The second-order valence-corrected chi connectivity index (χ2v) is 3.63. The Bertz CT molecular complexity index is 511. The number of fused-ring (bicyclic) bond motifs is 1. The van der Waals surface area contributed by atoms with E-state index in [1.165, 1.54) is 6.20 Å². The van der Waals surface area contributed by atoms with Gasteiger partial charge in [0.2, 0.25) is 0 Å². The SMILES string of the molecule is O=Cc1cnc2c(Cl)ccc(Cl)c2c1. The van der Waals surface area contributed by atoms with E-state index in [4.69, 9.17) is 23.2 Å². The van der Waals surface area contributed by atoms with Gasteiger partial charge in [-0.15, -0.1) is 0 Å². The highest BCUT2D eigenvalue weighted by Crippen LogP contribution is 2.28. The first-order chi connectivity index (χ1) is 6.72. The van der Waals surface area contributed by atoms with Gasteiger partial charge in [0, 0.05) is 17.1 Å². The second-order valence-electron chi connectivity index (χ2n) is 2.81. The molecule has 2 aromatic rings. The summed E-state index contributed by atoms with van der Waals surface area (Å²) in [5.74, 6) is 0. The molecule has 70 valence electrons. The minimum Gasteiger partial charge on any atom is -0.298 e. The van der Waals surface area contributed by atoms with Crippen molar-refractivity contribution < 1.29 is 4.79 Å². The number of aldehydes is 1. The number of rotatable bonds is 1. The van der Waals surface area contributed by atoms with E-state index in [2.05, 4.69) is 4.98 Å². The molecule has 0 aliphatic rings. The first kappa shape index (κ1) is 9.44. The minimum atomic E-state index is 0.488. The van der Waals surface area contributed by atoms with E-state index in [0.717, 1.165) is 6.29 Å². The minimum absolute atomic E-state index is 0.488. The highest BCUT2D eigenvalue weighted by molar-refractivity contribution is 6.39. The van der Waals surface area contributed by atoms with Crippen molar-refractivity contribution in [1.82, 2.24) is 4.98 Å². The first-order valence-electron chi connectivity index (χ1n) is 3.91. The van der Waals surface area contributed by atoms with E-state index in [0.29, 0.717) is 26.5 Å². The van der Waals surface area contributed by atoms with Crippen LogP contribution in [-0.4, -0.2) is 11.3 Å². The summed E-state index contributed by atoms with van der Waals surface area (Å²) < 4.78 is 0. The molecule has 0 amide bonds. The van der Waals surface area contributed by atoms with Gasteiger partial charge in [-0.25, -0.2) is 0 Å². The zero-order chi connectivity index (χ0) is 10.1. The van der Waals surface area contributed by atoms with Crippen LogP contribution in [0.1, 0.15) is 10.4 Å². The molecular formula is C10H5Cl2NO. The van der Waals surface area contributed by atoms with Crippen molar-refractivity contribution in [2.75, 3.05) is 0 Å². The fraction of sp³-hybridized carbons (Fsp3) is 0. The smallest absolute Gasteiger partial charge is 0.151 e. The Morgan fingerprint density at radius 2 is 1.93 bits per heavy atom. The lowest BCUT2D eigenvalue weighted by Crippen LogP contribution is -1.86. The average molecular weight is 226 g/mol. The van der Waals surface area contributed by atoms with Gasteiger partial charge in [-0.2, -0.15) is 0 Å². The Kier molecular flexibility index (Phi) is 2.40. The molecule has 0 radical (unpaired) electrons. The molecule has 1 aromatic heterocycles. The van der Waals surface area contributed by atoms with E-state index >= 15 is 0 Å². The van der Waals surface area contributed by atoms with Gasteiger partial charge in [0.25, 0.3) is 0 Å².